The molecule has 0 amide bonds. The van der Waals surface area contributed by atoms with Gasteiger partial charge in [0.15, 0.2) is 16.8 Å². The van der Waals surface area contributed by atoms with Gasteiger partial charge in [0.05, 0.1) is 26.5 Å². The van der Waals surface area contributed by atoms with Crippen molar-refractivity contribution < 1.29 is 14.3 Å². The van der Waals surface area contributed by atoms with Gasteiger partial charge < -0.3 is 9.47 Å². The first kappa shape index (κ1) is 21.6. The monoisotopic (exact) mass is 445 g/mol. The standard InChI is InChI=1S/C25H23N3O3S/c1-30-21-12-8-19(9-13-21)23(29)17-32-25-27-26-24(20-10-14-22(31-2)15-11-20)28(25)16-18-6-4-3-5-7-18/h3-15H,16-17H2,1-2H3. The Morgan fingerprint density at radius 1 is 0.844 bits per heavy atom. The van der Waals surface area contributed by atoms with Crippen molar-refractivity contribution in [1.82, 2.24) is 14.8 Å². The summed E-state index contributed by atoms with van der Waals surface area (Å²) in [6, 6.07) is 25.0. The molecule has 0 aliphatic rings. The molecule has 0 N–H and O–H groups in total. The first-order valence-electron chi connectivity index (χ1n) is 10.1. The molecule has 0 saturated carbocycles. The van der Waals surface area contributed by atoms with E-state index in [2.05, 4.69) is 22.3 Å². The average molecular weight is 446 g/mol. The fourth-order valence-electron chi connectivity index (χ4n) is 3.25. The number of rotatable bonds is 9. The highest BCUT2D eigenvalue weighted by atomic mass is 32.2. The number of ketones is 1. The van der Waals surface area contributed by atoms with E-state index in [0.29, 0.717) is 17.3 Å². The maximum atomic E-state index is 12.7. The van der Waals surface area contributed by atoms with E-state index in [1.54, 1.807) is 38.5 Å². The smallest absolute Gasteiger partial charge is 0.192 e. The number of thioether (sulfide) groups is 1. The van der Waals surface area contributed by atoms with Crippen LogP contribution in [0.2, 0.25) is 0 Å². The Balaban J connectivity index is 1.58. The number of carbonyl (C=O) groups excluding carboxylic acids is 1. The van der Waals surface area contributed by atoms with Crippen LogP contribution in [0.25, 0.3) is 11.4 Å². The molecule has 0 unspecified atom stereocenters. The van der Waals surface area contributed by atoms with E-state index in [4.69, 9.17) is 9.47 Å². The van der Waals surface area contributed by atoms with Gasteiger partial charge in [0.2, 0.25) is 0 Å². The van der Waals surface area contributed by atoms with Gasteiger partial charge in [-0.2, -0.15) is 0 Å². The molecule has 3 aromatic carbocycles. The zero-order chi connectivity index (χ0) is 22.3. The van der Waals surface area contributed by atoms with Crippen molar-refractivity contribution in [2.45, 2.75) is 11.7 Å². The Kier molecular flexibility index (Phi) is 6.87. The van der Waals surface area contributed by atoms with Gasteiger partial charge in [-0.1, -0.05) is 42.1 Å². The summed E-state index contributed by atoms with van der Waals surface area (Å²) in [6.45, 7) is 0.605. The van der Waals surface area contributed by atoms with Crippen LogP contribution >= 0.6 is 11.8 Å². The number of aromatic nitrogens is 3. The molecule has 1 aromatic heterocycles. The van der Waals surface area contributed by atoms with Crippen LogP contribution in [-0.4, -0.2) is 40.5 Å². The predicted molar refractivity (Wildman–Crippen MR) is 126 cm³/mol. The largest absolute Gasteiger partial charge is 0.497 e. The Morgan fingerprint density at radius 2 is 1.47 bits per heavy atom. The van der Waals surface area contributed by atoms with Crippen molar-refractivity contribution in [3.05, 3.63) is 90.0 Å². The predicted octanol–water partition coefficient (Wildman–Crippen LogP) is 4.99. The third-order valence-corrected chi connectivity index (χ3v) is 5.96. The van der Waals surface area contributed by atoms with E-state index in [1.807, 2.05) is 47.0 Å². The molecule has 0 bridgehead atoms. The van der Waals surface area contributed by atoms with E-state index in [0.717, 1.165) is 28.5 Å². The van der Waals surface area contributed by atoms with Gasteiger partial charge >= 0.3 is 0 Å². The average Bonchev–Trinajstić information content (AvgIpc) is 3.25. The van der Waals surface area contributed by atoms with Crippen LogP contribution in [0.3, 0.4) is 0 Å². The number of carbonyl (C=O) groups is 1. The lowest BCUT2D eigenvalue weighted by atomic mass is 10.1. The van der Waals surface area contributed by atoms with Crippen molar-refractivity contribution in [1.29, 1.82) is 0 Å². The van der Waals surface area contributed by atoms with E-state index in [9.17, 15) is 4.79 Å². The molecule has 162 valence electrons. The second kappa shape index (κ2) is 10.2. The van der Waals surface area contributed by atoms with Gasteiger partial charge in [0, 0.05) is 11.1 Å². The number of benzene rings is 3. The van der Waals surface area contributed by atoms with Crippen molar-refractivity contribution in [3.8, 4) is 22.9 Å². The topological polar surface area (TPSA) is 66.2 Å². The summed E-state index contributed by atoms with van der Waals surface area (Å²) in [5.41, 5.74) is 2.70. The molecule has 0 atom stereocenters. The lowest BCUT2D eigenvalue weighted by molar-refractivity contribution is 0.102. The molecule has 0 aliphatic carbocycles. The molecule has 7 heteroatoms. The number of Topliss-reactive ketones (excluding diaryl/α,β-unsaturated/α-hetero) is 1. The maximum Gasteiger partial charge on any atom is 0.192 e. The van der Waals surface area contributed by atoms with Crippen LogP contribution in [0, 0.1) is 0 Å². The van der Waals surface area contributed by atoms with Gasteiger partial charge in [-0.3, -0.25) is 9.36 Å². The highest BCUT2D eigenvalue weighted by Crippen LogP contribution is 2.27. The highest BCUT2D eigenvalue weighted by Gasteiger charge is 2.17. The Morgan fingerprint density at radius 3 is 2.09 bits per heavy atom. The minimum Gasteiger partial charge on any atom is -0.497 e. The molecule has 4 rings (SSSR count). The van der Waals surface area contributed by atoms with Crippen LogP contribution < -0.4 is 9.47 Å². The van der Waals surface area contributed by atoms with Gasteiger partial charge in [-0.25, -0.2) is 0 Å². The molecule has 0 saturated heterocycles. The Labute approximate surface area is 191 Å². The van der Waals surface area contributed by atoms with Crippen molar-refractivity contribution >= 4 is 17.5 Å². The number of hydrogen-bond acceptors (Lipinski definition) is 6. The minimum absolute atomic E-state index is 0.0258. The van der Waals surface area contributed by atoms with Crippen LogP contribution in [0.4, 0.5) is 0 Å². The van der Waals surface area contributed by atoms with Gasteiger partial charge in [-0.15, -0.1) is 10.2 Å². The molecule has 0 spiro atoms. The third kappa shape index (κ3) is 5.00. The lowest BCUT2D eigenvalue weighted by Gasteiger charge is -2.11. The first-order valence-corrected chi connectivity index (χ1v) is 11.1. The quantitative estimate of drug-likeness (QED) is 0.267. The minimum atomic E-state index is 0.0258. The van der Waals surface area contributed by atoms with Gasteiger partial charge in [-0.05, 0) is 54.1 Å². The van der Waals surface area contributed by atoms with Crippen molar-refractivity contribution in [2.75, 3.05) is 20.0 Å². The van der Waals surface area contributed by atoms with Crippen LogP contribution in [0.5, 0.6) is 11.5 Å². The first-order chi connectivity index (χ1) is 15.7. The normalized spacial score (nSPS) is 10.7. The van der Waals surface area contributed by atoms with Crippen molar-refractivity contribution in [2.24, 2.45) is 0 Å². The molecule has 6 nitrogen and oxygen atoms in total. The summed E-state index contributed by atoms with van der Waals surface area (Å²) < 4.78 is 12.5. The van der Waals surface area contributed by atoms with Crippen LogP contribution in [-0.2, 0) is 6.54 Å². The van der Waals surface area contributed by atoms with Crippen molar-refractivity contribution in [3.63, 3.8) is 0 Å². The zero-order valence-corrected chi connectivity index (χ0v) is 18.7. The molecular weight excluding hydrogens is 422 g/mol. The molecular formula is C25H23N3O3S. The zero-order valence-electron chi connectivity index (χ0n) is 17.9. The van der Waals surface area contributed by atoms with Crippen LogP contribution in [0.1, 0.15) is 15.9 Å². The second-order valence-corrected chi connectivity index (χ2v) is 7.99. The lowest BCUT2D eigenvalue weighted by Crippen LogP contribution is -2.07. The summed E-state index contributed by atoms with van der Waals surface area (Å²) in [5.74, 6) is 2.54. The second-order valence-electron chi connectivity index (χ2n) is 7.05. The molecule has 0 fully saturated rings. The number of nitrogens with zero attached hydrogens (tertiary/aromatic N) is 3. The molecule has 0 aliphatic heterocycles. The van der Waals surface area contributed by atoms with Crippen LogP contribution in [0.15, 0.2) is 84.0 Å². The van der Waals surface area contributed by atoms with Gasteiger partial charge in [0.1, 0.15) is 11.5 Å². The summed E-state index contributed by atoms with van der Waals surface area (Å²) >= 11 is 1.39. The van der Waals surface area contributed by atoms with Gasteiger partial charge in [0.25, 0.3) is 0 Å². The number of ether oxygens (including phenoxy) is 2. The van der Waals surface area contributed by atoms with E-state index in [1.165, 1.54) is 11.8 Å². The van der Waals surface area contributed by atoms with E-state index >= 15 is 0 Å². The fourth-order valence-corrected chi connectivity index (χ4v) is 4.08. The summed E-state index contributed by atoms with van der Waals surface area (Å²) in [6.07, 6.45) is 0. The number of hydrogen-bond donors (Lipinski definition) is 0. The maximum absolute atomic E-state index is 12.7. The Hall–Kier alpha value is -3.58. The number of methoxy groups -OCH3 is 2. The van der Waals surface area contributed by atoms with E-state index < -0.39 is 0 Å². The third-order valence-electron chi connectivity index (χ3n) is 4.99. The molecule has 32 heavy (non-hydrogen) atoms. The SMILES string of the molecule is COc1ccc(C(=O)CSc2nnc(-c3ccc(OC)cc3)n2Cc2ccccc2)cc1. The molecule has 1 heterocycles. The fraction of sp³-hybridized carbons (Fsp3) is 0.160. The molecule has 4 aromatic rings. The Bertz CT molecular complexity index is 1170. The molecule has 0 radical (unpaired) electrons. The van der Waals surface area contributed by atoms with E-state index in [-0.39, 0.29) is 11.5 Å². The summed E-state index contributed by atoms with van der Waals surface area (Å²) in [5, 5.41) is 9.53. The highest BCUT2D eigenvalue weighted by molar-refractivity contribution is 7.99. The summed E-state index contributed by atoms with van der Waals surface area (Å²) in [7, 11) is 3.24. The summed E-state index contributed by atoms with van der Waals surface area (Å²) in [4.78, 5) is 12.7.